The Morgan fingerprint density at radius 3 is 2.80 bits per heavy atom. The molecule has 0 aliphatic heterocycles. The van der Waals surface area contributed by atoms with E-state index in [0.717, 1.165) is 27.7 Å². The zero-order valence-corrected chi connectivity index (χ0v) is 11.2. The summed E-state index contributed by atoms with van der Waals surface area (Å²) in [5, 5.41) is 4.63. The summed E-state index contributed by atoms with van der Waals surface area (Å²) in [6.45, 7) is 2.05. The molecule has 0 unspecified atom stereocenters. The second-order valence-corrected chi connectivity index (χ2v) is 4.93. The quantitative estimate of drug-likeness (QED) is 0.778. The Balaban J connectivity index is 2.63. The standard InChI is InChI=1S/C10H8BrClN2S/c1-2-6-9(13-5-14-10(6)12)7-3-15-4-8(7)11/h3-5H,2H2,1H3. The topological polar surface area (TPSA) is 25.8 Å². The van der Waals surface area contributed by atoms with Gasteiger partial charge in [-0.15, -0.1) is 0 Å². The lowest BCUT2D eigenvalue weighted by Gasteiger charge is -2.06. The lowest BCUT2D eigenvalue weighted by atomic mass is 10.1. The number of rotatable bonds is 2. The van der Waals surface area contributed by atoms with E-state index in [1.54, 1.807) is 11.3 Å². The molecule has 0 radical (unpaired) electrons. The molecule has 0 fully saturated rings. The highest BCUT2D eigenvalue weighted by Gasteiger charge is 2.12. The van der Waals surface area contributed by atoms with Gasteiger partial charge in [0.25, 0.3) is 0 Å². The van der Waals surface area contributed by atoms with Gasteiger partial charge >= 0.3 is 0 Å². The molecule has 2 heterocycles. The van der Waals surface area contributed by atoms with E-state index in [-0.39, 0.29) is 0 Å². The van der Waals surface area contributed by atoms with Crippen molar-refractivity contribution in [2.24, 2.45) is 0 Å². The Kier molecular flexibility index (Phi) is 3.38. The fraction of sp³-hybridized carbons (Fsp3) is 0.200. The van der Waals surface area contributed by atoms with Crippen molar-refractivity contribution in [3.8, 4) is 11.3 Å². The summed E-state index contributed by atoms with van der Waals surface area (Å²) >= 11 is 11.2. The van der Waals surface area contributed by atoms with Crippen LogP contribution in [0.2, 0.25) is 5.15 Å². The first kappa shape index (κ1) is 11.0. The van der Waals surface area contributed by atoms with E-state index >= 15 is 0 Å². The summed E-state index contributed by atoms with van der Waals surface area (Å²) < 4.78 is 1.05. The molecule has 0 atom stereocenters. The van der Waals surface area contributed by atoms with Gasteiger partial charge < -0.3 is 0 Å². The zero-order chi connectivity index (χ0) is 10.8. The SMILES string of the molecule is CCc1c(Cl)ncnc1-c1cscc1Br. The van der Waals surface area contributed by atoms with E-state index in [0.29, 0.717) is 5.15 Å². The molecular formula is C10H8BrClN2S. The molecule has 0 aliphatic rings. The van der Waals surface area contributed by atoms with Crippen molar-refractivity contribution in [2.45, 2.75) is 13.3 Å². The highest BCUT2D eigenvalue weighted by molar-refractivity contribution is 9.10. The summed E-state index contributed by atoms with van der Waals surface area (Å²) in [6.07, 6.45) is 2.33. The molecule has 5 heteroatoms. The van der Waals surface area contributed by atoms with E-state index in [4.69, 9.17) is 11.6 Å². The summed E-state index contributed by atoms with van der Waals surface area (Å²) in [7, 11) is 0. The van der Waals surface area contributed by atoms with Gasteiger partial charge in [-0.05, 0) is 22.4 Å². The second kappa shape index (κ2) is 4.60. The Labute approximate surface area is 105 Å². The monoisotopic (exact) mass is 302 g/mol. The molecular weight excluding hydrogens is 296 g/mol. The molecule has 0 aliphatic carbocycles. The van der Waals surface area contributed by atoms with Crippen molar-refractivity contribution in [3.63, 3.8) is 0 Å². The lowest BCUT2D eigenvalue weighted by molar-refractivity contribution is 1.05. The Bertz CT molecular complexity index is 484. The maximum absolute atomic E-state index is 6.04. The van der Waals surface area contributed by atoms with Gasteiger partial charge in [0.1, 0.15) is 11.5 Å². The van der Waals surface area contributed by atoms with E-state index in [9.17, 15) is 0 Å². The second-order valence-electron chi connectivity index (χ2n) is 2.98. The molecule has 78 valence electrons. The molecule has 0 bridgehead atoms. The summed E-state index contributed by atoms with van der Waals surface area (Å²) in [6, 6.07) is 0. The van der Waals surface area contributed by atoms with Gasteiger partial charge in [0, 0.05) is 26.4 Å². The van der Waals surface area contributed by atoms with Crippen LogP contribution in [0.25, 0.3) is 11.3 Å². The van der Waals surface area contributed by atoms with Crippen LogP contribution in [0, 0.1) is 0 Å². The van der Waals surface area contributed by atoms with Gasteiger partial charge in [-0.1, -0.05) is 18.5 Å². The molecule has 15 heavy (non-hydrogen) atoms. The fourth-order valence-electron chi connectivity index (χ4n) is 1.39. The smallest absolute Gasteiger partial charge is 0.136 e. The molecule has 2 aromatic rings. The van der Waals surface area contributed by atoms with Crippen LogP contribution in [0.1, 0.15) is 12.5 Å². The van der Waals surface area contributed by atoms with Crippen molar-refractivity contribution in [2.75, 3.05) is 0 Å². The molecule has 0 amide bonds. The van der Waals surface area contributed by atoms with Crippen LogP contribution >= 0.6 is 38.9 Å². The first-order chi connectivity index (χ1) is 7.24. The molecule has 0 aromatic carbocycles. The fourth-order valence-corrected chi connectivity index (χ4v) is 3.12. The minimum absolute atomic E-state index is 0.542. The molecule has 2 aromatic heterocycles. The molecule has 0 saturated carbocycles. The highest BCUT2D eigenvalue weighted by atomic mass is 79.9. The molecule has 0 spiro atoms. The number of hydrogen-bond acceptors (Lipinski definition) is 3. The molecule has 2 rings (SSSR count). The third-order valence-corrected chi connectivity index (χ3v) is 4.14. The normalized spacial score (nSPS) is 10.6. The molecule has 0 saturated heterocycles. The van der Waals surface area contributed by atoms with Crippen molar-refractivity contribution in [1.82, 2.24) is 9.97 Å². The number of aromatic nitrogens is 2. The Morgan fingerprint density at radius 2 is 2.20 bits per heavy atom. The van der Waals surface area contributed by atoms with Crippen molar-refractivity contribution >= 4 is 38.9 Å². The van der Waals surface area contributed by atoms with Crippen LogP contribution in [0.4, 0.5) is 0 Å². The first-order valence-corrected chi connectivity index (χ1v) is 6.56. The van der Waals surface area contributed by atoms with Gasteiger partial charge in [-0.3, -0.25) is 0 Å². The summed E-state index contributed by atoms with van der Waals surface area (Å²) in [5.74, 6) is 0. The third-order valence-electron chi connectivity index (χ3n) is 2.12. The van der Waals surface area contributed by atoms with Crippen molar-refractivity contribution < 1.29 is 0 Å². The van der Waals surface area contributed by atoms with E-state index in [1.165, 1.54) is 6.33 Å². The Hall–Kier alpha value is -0.450. The number of halogens is 2. The average molecular weight is 304 g/mol. The zero-order valence-electron chi connectivity index (χ0n) is 8.00. The predicted molar refractivity (Wildman–Crippen MR) is 67.4 cm³/mol. The lowest BCUT2D eigenvalue weighted by Crippen LogP contribution is -1.94. The van der Waals surface area contributed by atoms with Crippen LogP contribution in [0.15, 0.2) is 21.6 Å². The van der Waals surface area contributed by atoms with Crippen LogP contribution in [-0.2, 0) is 6.42 Å². The van der Waals surface area contributed by atoms with Gasteiger partial charge in [0.15, 0.2) is 0 Å². The first-order valence-electron chi connectivity index (χ1n) is 4.45. The number of nitrogens with zero attached hydrogens (tertiary/aromatic N) is 2. The van der Waals surface area contributed by atoms with E-state index < -0.39 is 0 Å². The van der Waals surface area contributed by atoms with E-state index in [2.05, 4.69) is 31.3 Å². The van der Waals surface area contributed by atoms with Crippen LogP contribution < -0.4 is 0 Å². The Morgan fingerprint density at radius 1 is 1.40 bits per heavy atom. The molecule has 2 nitrogen and oxygen atoms in total. The van der Waals surface area contributed by atoms with Crippen LogP contribution in [0.3, 0.4) is 0 Å². The molecule has 0 N–H and O–H groups in total. The number of thiophene rings is 1. The van der Waals surface area contributed by atoms with Crippen LogP contribution in [-0.4, -0.2) is 9.97 Å². The van der Waals surface area contributed by atoms with Gasteiger partial charge in [-0.2, -0.15) is 11.3 Å². The highest BCUT2D eigenvalue weighted by Crippen LogP contribution is 2.34. The number of hydrogen-bond donors (Lipinski definition) is 0. The minimum atomic E-state index is 0.542. The minimum Gasteiger partial charge on any atom is -0.236 e. The van der Waals surface area contributed by atoms with Crippen LogP contribution in [0.5, 0.6) is 0 Å². The maximum atomic E-state index is 6.04. The summed E-state index contributed by atoms with van der Waals surface area (Å²) in [4.78, 5) is 8.29. The summed E-state index contributed by atoms with van der Waals surface area (Å²) in [5.41, 5.74) is 3.00. The predicted octanol–water partition coefficient (Wildman–Crippen LogP) is 4.18. The van der Waals surface area contributed by atoms with Gasteiger partial charge in [0.05, 0.1) is 5.69 Å². The largest absolute Gasteiger partial charge is 0.236 e. The van der Waals surface area contributed by atoms with E-state index in [1.807, 2.05) is 12.3 Å². The van der Waals surface area contributed by atoms with Crippen molar-refractivity contribution in [1.29, 1.82) is 0 Å². The van der Waals surface area contributed by atoms with Gasteiger partial charge in [-0.25, -0.2) is 9.97 Å². The maximum Gasteiger partial charge on any atom is 0.136 e. The van der Waals surface area contributed by atoms with Crippen molar-refractivity contribution in [3.05, 3.63) is 32.3 Å². The van der Waals surface area contributed by atoms with Gasteiger partial charge in [0.2, 0.25) is 0 Å². The third kappa shape index (κ3) is 2.07. The average Bonchev–Trinajstić information content (AvgIpc) is 2.64.